The fourth-order valence-electron chi connectivity index (χ4n) is 1.50. The maximum atomic E-state index is 4.21. The smallest absolute Gasteiger partial charge is 0.200 e. The second kappa shape index (κ2) is 4.01. The molecule has 7 nitrogen and oxygen atoms in total. The van der Waals surface area contributed by atoms with Crippen LogP contribution in [0.5, 0.6) is 0 Å². The molecule has 2 aromatic rings. The highest BCUT2D eigenvalue weighted by Crippen LogP contribution is 2.17. The summed E-state index contributed by atoms with van der Waals surface area (Å²) in [7, 11) is 0. The molecule has 0 aromatic carbocycles. The first-order valence-corrected chi connectivity index (χ1v) is 5.44. The van der Waals surface area contributed by atoms with E-state index in [1.165, 1.54) is 17.5 Å². The van der Waals surface area contributed by atoms with Gasteiger partial charge in [0.1, 0.15) is 5.82 Å². The van der Waals surface area contributed by atoms with Gasteiger partial charge in [0.25, 0.3) is 0 Å². The fraction of sp³-hybridized carbons (Fsp3) is 0.556. The van der Waals surface area contributed by atoms with Crippen molar-refractivity contribution < 1.29 is 0 Å². The highest BCUT2D eigenvalue weighted by atomic mass is 15.6. The topological polar surface area (TPSA) is 80.0 Å². The molecular formula is C9H13N7. The van der Waals surface area contributed by atoms with Crippen molar-refractivity contribution in [3.63, 3.8) is 0 Å². The van der Waals surface area contributed by atoms with Crippen LogP contribution in [0.3, 0.4) is 0 Å². The van der Waals surface area contributed by atoms with E-state index >= 15 is 0 Å². The first kappa shape index (κ1) is 9.46. The van der Waals surface area contributed by atoms with E-state index in [-0.39, 0.29) is 0 Å². The quantitative estimate of drug-likeness (QED) is 0.671. The Morgan fingerprint density at radius 2 is 2.25 bits per heavy atom. The zero-order chi connectivity index (χ0) is 10.8. The summed E-state index contributed by atoms with van der Waals surface area (Å²) < 4.78 is 1.41. The maximum Gasteiger partial charge on any atom is 0.200 e. The molecule has 0 amide bonds. The van der Waals surface area contributed by atoms with Crippen LogP contribution >= 0.6 is 0 Å². The number of rotatable bonds is 5. The van der Waals surface area contributed by atoms with Crippen LogP contribution in [0.1, 0.15) is 12.8 Å². The van der Waals surface area contributed by atoms with Crippen LogP contribution in [0.15, 0.2) is 12.1 Å². The molecule has 0 atom stereocenters. The van der Waals surface area contributed by atoms with Crippen molar-refractivity contribution in [2.45, 2.75) is 18.9 Å². The molecule has 0 bridgehead atoms. The van der Waals surface area contributed by atoms with Crippen LogP contribution < -0.4 is 10.6 Å². The Morgan fingerprint density at radius 3 is 3.12 bits per heavy atom. The molecule has 1 aliphatic carbocycles. The average Bonchev–Trinajstić information content (AvgIpc) is 3.01. The zero-order valence-corrected chi connectivity index (χ0v) is 8.80. The Morgan fingerprint density at radius 1 is 1.31 bits per heavy atom. The Bertz CT molecular complexity index is 475. The second-order valence-electron chi connectivity index (χ2n) is 3.90. The fourth-order valence-corrected chi connectivity index (χ4v) is 1.50. The van der Waals surface area contributed by atoms with Gasteiger partial charge < -0.3 is 10.6 Å². The first-order chi connectivity index (χ1) is 7.92. The molecule has 84 valence electrons. The lowest BCUT2D eigenvalue weighted by molar-refractivity contribution is 0.695. The van der Waals surface area contributed by atoms with Crippen LogP contribution in [0, 0.1) is 0 Å². The number of fused-ring (bicyclic) bond motifs is 1. The van der Waals surface area contributed by atoms with Crippen LogP contribution in [0.2, 0.25) is 0 Å². The van der Waals surface area contributed by atoms with Crippen LogP contribution in [-0.4, -0.2) is 44.4 Å². The predicted molar refractivity (Wildman–Crippen MR) is 58.1 cm³/mol. The van der Waals surface area contributed by atoms with E-state index < -0.39 is 0 Å². The van der Waals surface area contributed by atoms with Crippen LogP contribution in [0.25, 0.3) is 5.65 Å². The van der Waals surface area contributed by atoms with E-state index in [1.54, 1.807) is 0 Å². The van der Waals surface area contributed by atoms with Crippen molar-refractivity contribution in [2.24, 2.45) is 0 Å². The van der Waals surface area contributed by atoms with E-state index in [0.29, 0.717) is 5.65 Å². The van der Waals surface area contributed by atoms with Crippen molar-refractivity contribution in [1.29, 1.82) is 0 Å². The van der Waals surface area contributed by atoms with E-state index in [1.807, 2.05) is 12.1 Å². The third kappa shape index (κ3) is 2.08. The van der Waals surface area contributed by atoms with Gasteiger partial charge in [-0.2, -0.15) is 0 Å². The summed E-state index contributed by atoms with van der Waals surface area (Å²) in [6.45, 7) is 1.82. The highest BCUT2D eigenvalue weighted by molar-refractivity contribution is 5.41. The third-order valence-electron chi connectivity index (χ3n) is 2.51. The zero-order valence-electron chi connectivity index (χ0n) is 8.80. The van der Waals surface area contributed by atoms with Crippen molar-refractivity contribution in [3.05, 3.63) is 12.1 Å². The van der Waals surface area contributed by atoms with Gasteiger partial charge in [-0.1, -0.05) is 0 Å². The summed E-state index contributed by atoms with van der Waals surface area (Å²) >= 11 is 0. The summed E-state index contributed by atoms with van der Waals surface area (Å²) in [6, 6.07) is 4.46. The SMILES string of the molecule is c1cc2nnnn2nc1NCCNC1CC1. The number of nitrogens with zero attached hydrogens (tertiary/aromatic N) is 5. The molecule has 3 rings (SSSR count). The molecule has 1 fully saturated rings. The average molecular weight is 219 g/mol. The summed E-state index contributed by atoms with van der Waals surface area (Å²) in [4.78, 5) is 0. The number of anilines is 1. The molecule has 2 heterocycles. The molecule has 0 unspecified atom stereocenters. The minimum atomic E-state index is 0.654. The van der Waals surface area contributed by atoms with Crippen molar-refractivity contribution in [3.8, 4) is 0 Å². The third-order valence-corrected chi connectivity index (χ3v) is 2.51. The van der Waals surface area contributed by atoms with Gasteiger partial charge in [-0.15, -0.1) is 14.8 Å². The maximum absolute atomic E-state index is 4.21. The largest absolute Gasteiger partial charge is 0.367 e. The predicted octanol–water partition coefficient (Wildman–Crippen LogP) is -0.317. The minimum absolute atomic E-state index is 0.654. The Labute approximate surface area is 92.2 Å². The molecule has 2 aromatic heterocycles. The van der Waals surface area contributed by atoms with E-state index in [2.05, 4.69) is 31.3 Å². The summed E-state index contributed by atoms with van der Waals surface area (Å²) in [5.74, 6) is 0.789. The molecule has 2 N–H and O–H groups in total. The second-order valence-corrected chi connectivity index (χ2v) is 3.90. The molecule has 0 aliphatic heterocycles. The number of hydrogen-bond acceptors (Lipinski definition) is 6. The van der Waals surface area contributed by atoms with Crippen molar-refractivity contribution in [2.75, 3.05) is 18.4 Å². The molecular weight excluding hydrogens is 206 g/mol. The first-order valence-electron chi connectivity index (χ1n) is 5.44. The van der Waals surface area contributed by atoms with Crippen molar-refractivity contribution in [1.82, 2.24) is 30.6 Å². The van der Waals surface area contributed by atoms with E-state index in [4.69, 9.17) is 0 Å². The van der Waals surface area contributed by atoms with Gasteiger partial charge >= 0.3 is 0 Å². The van der Waals surface area contributed by atoms with E-state index in [0.717, 1.165) is 24.9 Å². The summed E-state index contributed by atoms with van der Waals surface area (Å²) in [6.07, 6.45) is 2.63. The standard InChI is InChI=1S/C9H13N7/c1-2-7(1)10-5-6-11-8-3-4-9-12-14-15-16(9)13-8/h3-4,7,10H,1-2,5-6H2,(H,11,13). The lowest BCUT2D eigenvalue weighted by Crippen LogP contribution is -2.24. The molecule has 1 aliphatic rings. The molecule has 7 heteroatoms. The van der Waals surface area contributed by atoms with E-state index in [9.17, 15) is 0 Å². The van der Waals surface area contributed by atoms with Gasteiger partial charge in [-0.3, -0.25) is 0 Å². The number of aromatic nitrogens is 5. The molecule has 16 heavy (non-hydrogen) atoms. The van der Waals surface area contributed by atoms with Crippen LogP contribution in [-0.2, 0) is 0 Å². The number of hydrogen-bond donors (Lipinski definition) is 2. The lowest BCUT2D eigenvalue weighted by Gasteiger charge is -2.05. The molecule has 0 radical (unpaired) electrons. The van der Waals surface area contributed by atoms with Gasteiger partial charge in [0.05, 0.1) is 0 Å². The Balaban J connectivity index is 1.55. The number of tetrazole rings is 1. The molecule has 1 saturated carbocycles. The van der Waals surface area contributed by atoms with Gasteiger partial charge in [-0.05, 0) is 35.4 Å². The van der Waals surface area contributed by atoms with Gasteiger partial charge in [0.15, 0.2) is 5.65 Å². The molecule has 0 saturated heterocycles. The Hall–Kier alpha value is -1.76. The monoisotopic (exact) mass is 219 g/mol. The molecule has 0 spiro atoms. The summed E-state index contributed by atoms with van der Waals surface area (Å²) in [5, 5.41) is 21.9. The Kier molecular flexibility index (Phi) is 2.37. The van der Waals surface area contributed by atoms with Crippen molar-refractivity contribution >= 4 is 11.5 Å². The lowest BCUT2D eigenvalue weighted by atomic mass is 10.5. The minimum Gasteiger partial charge on any atom is -0.367 e. The van der Waals surface area contributed by atoms with Gasteiger partial charge in [0, 0.05) is 19.1 Å². The number of nitrogens with one attached hydrogen (secondary N) is 2. The highest BCUT2D eigenvalue weighted by Gasteiger charge is 2.19. The normalized spacial score (nSPS) is 15.5. The van der Waals surface area contributed by atoms with Gasteiger partial charge in [0.2, 0.25) is 0 Å². The summed E-state index contributed by atoms with van der Waals surface area (Å²) in [5.41, 5.74) is 0.654. The van der Waals surface area contributed by atoms with Gasteiger partial charge in [-0.25, -0.2) is 0 Å². The van der Waals surface area contributed by atoms with Crippen LogP contribution in [0.4, 0.5) is 5.82 Å².